The van der Waals surface area contributed by atoms with E-state index in [1.165, 1.54) is 5.56 Å². The molecular weight excluding hydrogens is 356 g/mol. The summed E-state index contributed by atoms with van der Waals surface area (Å²) >= 11 is 0. The van der Waals surface area contributed by atoms with Crippen molar-refractivity contribution in [2.45, 2.75) is 12.6 Å². The SMILES string of the molecule is COc1ccc([C@@H](CNCc2ccc(OC)cc2OC)N2CCOCC2)cc1. The van der Waals surface area contributed by atoms with Gasteiger partial charge in [-0.15, -0.1) is 0 Å². The number of benzene rings is 2. The Balaban J connectivity index is 1.69. The second kappa shape index (κ2) is 10.3. The van der Waals surface area contributed by atoms with Crippen LogP contribution in [0.4, 0.5) is 0 Å². The second-order valence-electron chi connectivity index (χ2n) is 6.75. The number of hydrogen-bond donors (Lipinski definition) is 1. The van der Waals surface area contributed by atoms with Crippen molar-refractivity contribution in [3.8, 4) is 17.2 Å². The highest BCUT2D eigenvalue weighted by molar-refractivity contribution is 5.40. The fourth-order valence-corrected chi connectivity index (χ4v) is 3.51. The van der Waals surface area contributed by atoms with Crippen LogP contribution in [0.25, 0.3) is 0 Å². The standard InChI is InChI=1S/C22H30N2O4/c1-25-19-7-4-17(5-8-19)21(24-10-12-28-13-11-24)16-23-15-18-6-9-20(26-2)14-22(18)27-3/h4-9,14,21,23H,10-13,15-16H2,1-3H3/t21-/m1/s1. The van der Waals surface area contributed by atoms with E-state index in [0.29, 0.717) is 0 Å². The molecule has 1 atom stereocenters. The maximum absolute atomic E-state index is 5.54. The van der Waals surface area contributed by atoms with Gasteiger partial charge in [-0.1, -0.05) is 18.2 Å². The largest absolute Gasteiger partial charge is 0.497 e. The van der Waals surface area contributed by atoms with Crippen molar-refractivity contribution < 1.29 is 18.9 Å². The molecule has 1 heterocycles. The quantitative estimate of drug-likeness (QED) is 0.715. The Morgan fingerprint density at radius 2 is 1.61 bits per heavy atom. The summed E-state index contributed by atoms with van der Waals surface area (Å²) in [4.78, 5) is 2.48. The van der Waals surface area contributed by atoms with E-state index in [-0.39, 0.29) is 6.04 Å². The van der Waals surface area contributed by atoms with Crippen LogP contribution in [0.2, 0.25) is 0 Å². The first kappa shape index (κ1) is 20.5. The van der Waals surface area contributed by atoms with Crippen LogP contribution in [-0.4, -0.2) is 59.1 Å². The van der Waals surface area contributed by atoms with Crippen molar-refractivity contribution in [3.05, 3.63) is 53.6 Å². The molecule has 2 aromatic carbocycles. The summed E-state index contributed by atoms with van der Waals surface area (Å²) in [5, 5.41) is 3.60. The molecule has 1 fully saturated rings. The first-order valence-corrected chi connectivity index (χ1v) is 9.62. The molecule has 1 aliphatic heterocycles. The van der Waals surface area contributed by atoms with E-state index in [2.05, 4.69) is 22.3 Å². The van der Waals surface area contributed by atoms with Crippen LogP contribution in [0.3, 0.4) is 0 Å². The Morgan fingerprint density at radius 3 is 2.25 bits per heavy atom. The first-order chi connectivity index (χ1) is 13.7. The third kappa shape index (κ3) is 5.16. The summed E-state index contributed by atoms with van der Waals surface area (Å²) in [6.45, 7) is 4.98. The van der Waals surface area contributed by atoms with Crippen LogP contribution in [0, 0.1) is 0 Å². The molecule has 1 aliphatic rings. The zero-order valence-corrected chi connectivity index (χ0v) is 16.9. The summed E-state index contributed by atoms with van der Waals surface area (Å²) in [5.41, 5.74) is 2.38. The predicted octanol–water partition coefficient (Wildman–Crippen LogP) is 2.88. The molecule has 0 spiro atoms. The van der Waals surface area contributed by atoms with Gasteiger partial charge in [0.1, 0.15) is 17.2 Å². The van der Waals surface area contributed by atoms with Crippen molar-refractivity contribution in [2.75, 3.05) is 54.2 Å². The molecular formula is C22H30N2O4. The number of nitrogens with one attached hydrogen (secondary N) is 1. The molecule has 1 N–H and O–H groups in total. The average molecular weight is 386 g/mol. The van der Waals surface area contributed by atoms with Crippen LogP contribution in [0.5, 0.6) is 17.2 Å². The molecule has 0 aliphatic carbocycles. The Bertz CT molecular complexity index is 730. The molecule has 2 aromatic rings. The third-order valence-corrected chi connectivity index (χ3v) is 5.13. The van der Waals surface area contributed by atoms with Gasteiger partial charge < -0.3 is 24.3 Å². The molecule has 0 amide bonds. The fourth-order valence-electron chi connectivity index (χ4n) is 3.51. The summed E-state index contributed by atoms with van der Waals surface area (Å²) in [7, 11) is 5.04. The number of morpholine rings is 1. The first-order valence-electron chi connectivity index (χ1n) is 9.62. The topological polar surface area (TPSA) is 52.2 Å². The molecule has 0 aromatic heterocycles. The lowest BCUT2D eigenvalue weighted by molar-refractivity contribution is 0.0161. The van der Waals surface area contributed by atoms with E-state index in [9.17, 15) is 0 Å². The monoisotopic (exact) mass is 386 g/mol. The number of hydrogen-bond acceptors (Lipinski definition) is 6. The molecule has 28 heavy (non-hydrogen) atoms. The van der Waals surface area contributed by atoms with E-state index in [4.69, 9.17) is 18.9 Å². The van der Waals surface area contributed by atoms with E-state index in [1.807, 2.05) is 30.3 Å². The number of ether oxygens (including phenoxy) is 4. The van der Waals surface area contributed by atoms with E-state index >= 15 is 0 Å². The van der Waals surface area contributed by atoms with E-state index in [1.54, 1.807) is 21.3 Å². The summed E-state index contributed by atoms with van der Waals surface area (Å²) in [5.74, 6) is 2.50. The zero-order chi connectivity index (χ0) is 19.8. The Morgan fingerprint density at radius 1 is 0.929 bits per heavy atom. The van der Waals surface area contributed by atoms with Gasteiger partial charge in [0, 0.05) is 43.9 Å². The van der Waals surface area contributed by atoms with Crippen LogP contribution in [0.15, 0.2) is 42.5 Å². The van der Waals surface area contributed by atoms with Gasteiger partial charge in [0.2, 0.25) is 0 Å². The summed E-state index contributed by atoms with van der Waals surface area (Å²) in [6, 6.07) is 14.5. The van der Waals surface area contributed by atoms with Crippen molar-refractivity contribution in [2.24, 2.45) is 0 Å². The van der Waals surface area contributed by atoms with E-state index < -0.39 is 0 Å². The van der Waals surface area contributed by atoms with Crippen LogP contribution < -0.4 is 19.5 Å². The molecule has 6 heteroatoms. The molecule has 0 bridgehead atoms. The summed E-state index contributed by atoms with van der Waals surface area (Å²) < 4.78 is 21.6. The number of methoxy groups -OCH3 is 3. The highest BCUT2D eigenvalue weighted by Gasteiger charge is 2.22. The van der Waals surface area contributed by atoms with Gasteiger partial charge in [0.15, 0.2) is 0 Å². The van der Waals surface area contributed by atoms with Gasteiger partial charge >= 0.3 is 0 Å². The second-order valence-corrected chi connectivity index (χ2v) is 6.75. The van der Waals surface area contributed by atoms with Gasteiger partial charge in [-0.05, 0) is 23.8 Å². The summed E-state index contributed by atoms with van der Waals surface area (Å²) in [6.07, 6.45) is 0. The Hall–Kier alpha value is -2.28. The van der Waals surface area contributed by atoms with Gasteiger partial charge in [-0.2, -0.15) is 0 Å². The maximum Gasteiger partial charge on any atom is 0.127 e. The Kier molecular flexibility index (Phi) is 7.54. The molecule has 0 saturated carbocycles. The maximum atomic E-state index is 5.54. The van der Waals surface area contributed by atoms with Gasteiger partial charge in [0.05, 0.1) is 34.5 Å². The molecule has 3 rings (SSSR count). The highest BCUT2D eigenvalue weighted by Crippen LogP contribution is 2.26. The van der Waals surface area contributed by atoms with Crippen LogP contribution >= 0.6 is 0 Å². The minimum atomic E-state index is 0.277. The van der Waals surface area contributed by atoms with Gasteiger partial charge in [-0.25, -0.2) is 0 Å². The lowest BCUT2D eigenvalue weighted by Gasteiger charge is -2.35. The van der Waals surface area contributed by atoms with Crippen molar-refractivity contribution in [1.82, 2.24) is 10.2 Å². The molecule has 0 radical (unpaired) electrons. The normalized spacial score (nSPS) is 15.8. The smallest absolute Gasteiger partial charge is 0.127 e. The van der Waals surface area contributed by atoms with Gasteiger partial charge in [-0.3, -0.25) is 4.90 Å². The lowest BCUT2D eigenvalue weighted by Crippen LogP contribution is -2.42. The van der Waals surface area contributed by atoms with E-state index in [0.717, 1.165) is 62.2 Å². The molecule has 0 unspecified atom stereocenters. The predicted molar refractivity (Wildman–Crippen MR) is 109 cm³/mol. The molecule has 152 valence electrons. The van der Waals surface area contributed by atoms with Crippen molar-refractivity contribution in [3.63, 3.8) is 0 Å². The fraction of sp³-hybridized carbons (Fsp3) is 0.455. The van der Waals surface area contributed by atoms with Crippen LogP contribution in [0.1, 0.15) is 17.2 Å². The molecule has 1 saturated heterocycles. The number of nitrogens with zero attached hydrogens (tertiary/aromatic N) is 1. The highest BCUT2D eigenvalue weighted by atomic mass is 16.5. The minimum Gasteiger partial charge on any atom is -0.497 e. The van der Waals surface area contributed by atoms with Gasteiger partial charge in [0.25, 0.3) is 0 Å². The zero-order valence-electron chi connectivity index (χ0n) is 16.9. The third-order valence-electron chi connectivity index (χ3n) is 5.13. The van der Waals surface area contributed by atoms with Crippen molar-refractivity contribution in [1.29, 1.82) is 0 Å². The lowest BCUT2D eigenvalue weighted by atomic mass is 10.0. The Labute approximate surface area is 167 Å². The molecule has 6 nitrogen and oxygen atoms in total. The van der Waals surface area contributed by atoms with Crippen molar-refractivity contribution >= 4 is 0 Å². The number of rotatable bonds is 9. The minimum absolute atomic E-state index is 0.277. The van der Waals surface area contributed by atoms with Crippen LogP contribution in [-0.2, 0) is 11.3 Å². The average Bonchev–Trinajstić information content (AvgIpc) is 2.77.